The van der Waals surface area contributed by atoms with Crippen LogP contribution in [0.1, 0.15) is 128 Å². The summed E-state index contributed by atoms with van der Waals surface area (Å²) >= 11 is 24.7. The Bertz CT molecular complexity index is 1520. The van der Waals surface area contributed by atoms with Gasteiger partial charge in [-0.3, -0.25) is 0 Å². The molecule has 1 unspecified atom stereocenters. The van der Waals surface area contributed by atoms with E-state index in [9.17, 15) is 25.5 Å². The molecule has 5 nitrogen and oxygen atoms in total. The van der Waals surface area contributed by atoms with E-state index < -0.39 is 5.60 Å². The second kappa shape index (κ2) is 20.8. The standard InChI is InChI=1S/C21H28Cl2O2.C11H14Cl2O2.C10H16O/c1-5-6-7-8-15-18(22)20(24)17(21(25)19(15)23)16-11-13(4)9-10-14(16)12(2)3;1-2-3-4-5-7-10(12)8(14)6-9(15)11(7)13;1-8(2)9-4-6-10(3,11)7-5-9/h11,14,16,24-25H,2,5-10H2,1,3-4H3;6,14-15H,2-5H2,1H3;4,6,9,11H,1,5,7H2,2-3H3/t14?,16-;;9-,10+/m1.0/s1. The normalized spacial score (nSPS) is 21.2. The Labute approximate surface area is 326 Å². The van der Waals surface area contributed by atoms with Crippen molar-refractivity contribution < 1.29 is 25.5 Å². The van der Waals surface area contributed by atoms with Crippen molar-refractivity contribution in [3.05, 3.63) is 91.0 Å². The first kappa shape index (κ1) is 44.9. The van der Waals surface area contributed by atoms with Crippen molar-refractivity contribution in [1.82, 2.24) is 0 Å². The lowest BCUT2D eigenvalue weighted by molar-refractivity contribution is 0.0903. The van der Waals surface area contributed by atoms with E-state index in [2.05, 4.69) is 46.1 Å². The molecule has 2 aromatic carbocycles. The van der Waals surface area contributed by atoms with Gasteiger partial charge in [-0.25, -0.2) is 0 Å². The molecule has 0 bridgehead atoms. The maximum atomic E-state index is 10.8. The summed E-state index contributed by atoms with van der Waals surface area (Å²) in [7, 11) is 0. The minimum absolute atomic E-state index is 0.0442. The third kappa shape index (κ3) is 12.7. The number of hydrogen-bond donors (Lipinski definition) is 5. The Morgan fingerprint density at radius 1 is 0.784 bits per heavy atom. The van der Waals surface area contributed by atoms with E-state index in [-0.39, 0.29) is 54.9 Å². The summed E-state index contributed by atoms with van der Waals surface area (Å²) in [5, 5.41) is 50.9. The van der Waals surface area contributed by atoms with Crippen LogP contribution in [0.25, 0.3) is 0 Å². The van der Waals surface area contributed by atoms with Crippen LogP contribution in [0.15, 0.2) is 54.2 Å². The fraction of sp³-hybridized carbons (Fsp3) is 0.524. The zero-order chi connectivity index (χ0) is 38.6. The van der Waals surface area contributed by atoms with Gasteiger partial charge in [0.15, 0.2) is 0 Å². The molecule has 4 atom stereocenters. The van der Waals surface area contributed by atoms with E-state index in [0.29, 0.717) is 35.4 Å². The third-order valence-corrected chi connectivity index (χ3v) is 11.4. The van der Waals surface area contributed by atoms with Gasteiger partial charge >= 0.3 is 0 Å². The Hall–Kier alpha value is -2.28. The van der Waals surface area contributed by atoms with Gasteiger partial charge in [0.2, 0.25) is 0 Å². The molecule has 0 heterocycles. The number of allylic oxidation sites excluding steroid dienone is 5. The van der Waals surface area contributed by atoms with E-state index >= 15 is 0 Å². The average molecular weight is 785 g/mol. The number of aliphatic hydroxyl groups is 1. The molecule has 0 fully saturated rings. The number of halogens is 4. The van der Waals surface area contributed by atoms with Crippen molar-refractivity contribution in [1.29, 1.82) is 0 Å². The lowest BCUT2D eigenvalue weighted by atomic mass is 9.73. The van der Waals surface area contributed by atoms with E-state index in [1.807, 2.05) is 26.8 Å². The van der Waals surface area contributed by atoms with Crippen LogP contribution < -0.4 is 0 Å². The number of phenols is 4. The number of aromatic hydroxyl groups is 4. The highest BCUT2D eigenvalue weighted by Gasteiger charge is 2.33. The van der Waals surface area contributed by atoms with Crippen LogP contribution in [0.3, 0.4) is 0 Å². The van der Waals surface area contributed by atoms with Crippen LogP contribution in [0.2, 0.25) is 20.1 Å². The van der Waals surface area contributed by atoms with Crippen LogP contribution in [0, 0.1) is 11.8 Å². The Balaban J connectivity index is 0.000000293. The van der Waals surface area contributed by atoms with Crippen molar-refractivity contribution in [3.8, 4) is 23.0 Å². The van der Waals surface area contributed by atoms with Gasteiger partial charge in [0, 0.05) is 17.5 Å². The van der Waals surface area contributed by atoms with E-state index in [0.717, 1.165) is 75.8 Å². The molecule has 4 rings (SSSR count). The largest absolute Gasteiger partial charge is 0.506 e. The number of phenolic OH excluding ortho intramolecular Hbond substituents is 4. The lowest BCUT2D eigenvalue weighted by Gasteiger charge is -2.32. The second-order valence-electron chi connectivity index (χ2n) is 14.4. The molecule has 0 spiro atoms. The van der Waals surface area contributed by atoms with E-state index in [4.69, 9.17) is 46.4 Å². The van der Waals surface area contributed by atoms with E-state index in [1.54, 1.807) is 0 Å². The van der Waals surface area contributed by atoms with E-state index in [1.165, 1.54) is 11.1 Å². The van der Waals surface area contributed by atoms with Crippen LogP contribution >= 0.6 is 46.4 Å². The first-order valence-corrected chi connectivity index (χ1v) is 19.6. The number of benzene rings is 2. The molecule has 2 aliphatic carbocycles. The zero-order valence-corrected chi connectivity index (χ0v) is 34.2. The average Bonchev–Trinajstić information content (AvgIpc) is 3.06. The molecular weight excluding hydrogens is 726 g/mol. The van der Waals surface area contributed by atoms with Crippen LogP contribution in [-0.4, -0.2) is 31.1 Å². The van der Waals surface area contributed by atoms with Crippen LogP contribution in [0.4, 0.5) is 0 Å². The summed E-state index contributed by atoms with van der Waals surface area (Å²) in [5.41, 5.74) is 4.58. The number of hydrogen-bond acceptors (Lipinski definition) is 5. The first-order valence-electron chi connectivity index (χ1n) is 18.1. The van der Waals surface area contributed by atoms with Gasteiger partial charge in [-0.1, -0.05) is 134 Å². The molecule has 0 aromatic heterocycles. The summed E-state index contributed by atoms with van der Waals surface area (Å²) in [6.45, 7) is 20.1. The van der Waals surface area contributed by atoms with Crippen LogP contribution in [-0.2, 0) is 12.8 Å². The molecule has 0 radical (unpaired) electrons. The highest BCUT2D eigenvalue weighted by molar-refractivity contribution is 6.38. The quantitative estimate of drug-likeness (QED) is 0.115. The van der Waals surface area contributed by atoms with Crippen molar-refractivity contribution in [2.45, 2.75) is 130 Å². The summed E-state index contributed by atoms with van der Waals surface area (Å²) in [5.74, 6) is 0.143. The molecule has 5 N–H and O–H groups in total. The van der Waals surface area contributed by atoms with Gasteiger partial charge in [-0.15, -0.1) is 0 Å². The lowest BCUT2D eigenvalue weighted by Crippen LogP contribution is -2.25. The van der Waals surface area contributed by atoms with Gasteiger partial charge in [0.05, 0.1) is 25.7 Å². The van der Waals surface area contributed by atoms with Gasteiger partial charge in [0.1, 0.15) is 23.0 Å². The fourth-order valence-corrected chi connectivity index (χ4v) is 7.68. The Morgan fingerprint density at radius 3 is 1.69 bits per heavy atom. The minimum atomic E-state index is -0.577. The molecule has 0 saturated heterocycles. The Kier molecular flexibility index (Phi) is 18.3. The molecule has 0 aliphatic heterocycles. The fourth-order valence-electron chi connectivity index (χ4n) is 6.52. The van der Waals surface area contributed by atoms with Crippen molar-refractivity contribution in [2.24, 2.45) is 11.8 Å². The van der Waals surface area contributed by atoms with Crippen molar-refractivity contribution >= 4 is 46.4 Å². The predicted molar refractivity (Wildman–Crippen MR) is 217 cm³/mol. The summed E-state index contributed by atoms with van der Waals surface area (Å²) in [6, 6.07) is 1.16. The van der Waals surface area contributed by atoms with Gasteiger partial charge < -0.3 is 25.5 Å². The number of rotatable bonds is 11. The Morgan fingerprint density at radius 2 is 1.27 bits per heavy atom. The predicted octanol–water partition coefficient (Wildman–Crippen LogP) is 13.6. The number of unbranched alkanes of at least 4 members (excludes halogenated alkanes) is 4. The highest BCUT2D eigenvalue weighted by Crippen LogP contribution is 2.52. The minimum Gasteiger partial charge on any atom is -0.506 e. The first-order chi connectivity index (χ1) is 23.9. The van der Waals surface area contributed by atoms with Crippen molar-refractivity contribution in [3.63, 3.8) is 0 Å². The summed E-state index contributed by atoms with van der Waals surface area (Å²) in [4.78, 5) is 0. The molecule has 2 aromatic rings. The molecule has 0 amide bonds. The summed E-state index contributed by atoms with van der Waals surface area (Å²) < 4.78 is 0. The SMILES string of the molecule is C=C(C)C1CCC(C)=C[C@H]1c1c(O)c(Cl)c(CCCCC)c(Cl)c1O.C=C(C)[C@H]1C=C[C@@](C)(O)CC1.CCCCCc1c(Cl)c(O)cc(O)c1Cl. The zero-order valence-electron chi connectivity index (χ0n) is 31.2. The summed E-state index contributed by atoms with van der Waals surface area (Å²) in [6.07, 6.45) is 17.3. The monoisotopic (exact) mass is 782 g/mol. The molecular formula is C42H58Cl4O5. The maximum absolute atomic E-state index is 10.8. The highest BCUT2D eigenvalue weighted by atomic mass is 35.5. The third-order valence-electron chi connectivity index (χ3n) is 9.77. The van der Waals surface area contributed by atoms with Gasteiger partial charge in [0.25, 0.3) is 0 Å². The molecule has 2 aliphatic rings. The molecule has 0 saturated carbocycles. The van der Waals surface area contributed by atoms with Crippen LogP contribution in [0.5, 0.6) is 23.0 Å². The topological polar surface area (TPSA) is 101 Å². The van der Waals surface area contributed by atoms with Gasteiger partial charge in [-0.2, -0.15) is 0 Å². The van der Waals surface area contributed by atoms with Gasteiger partial charge in [-0.05, 0) is 102 Å². The second-order valence-corrected chi connectivity index (χ2v) is 15.9. The molecule has 284 valence electrons. The smallest absolute Gasteiger partial charge is 0.142 e. The maximum Gasteiger partial charge on any atom is 0.142 e. The molecule has 9 heteroatoms. The molecule has 51 heavy (non-hydrogen) atoms. The van der Waals surface area contributed by atoms with Crippen molar-refractivity contribution in [2.75, 3.05) is 0 Å².